The summed E-state index contributed by atoms with van der Waals surface area (Å²) in [4.78, 5) is 23.4. The first kappa shape index (κ1) is 15.6. The highest BCUT2D eigenvalue weighted by atomic mass is 16.5. The van der Waals surface area contributed by atoms with Crippen molar-refractivity contribution < 1.29 is 14.6 Å². The zero-order valence-corrected chi connectivity index (χ0v) is 12.6. The molecule has 2 aromatic rings. The molecule has 0 atom stereocenters. The minimum Gasteiger partial charge on any atom is -0.502 e. The predicted molar refractivity (Wildman–Crippen MR) is 85.4 cm³/mol. The number of anilines is 1. The van der Waals surface area contributed by atoms with Crippen LogP contribution in [0.25, 0.3) is 11.1 Å². The molecule has 114 valence electrons. The molecule has 2 aromatic carbocycles. The van der Waals surface area contributed by atoms with Crippen molar-refractivity contribution in [3.8, 4) is 22.6 Å². The molecule has 0 bridgehead atoms. The lowest BCUT2D eigenvalue weighted by molar-refractivity contribution is -0.114. The molecule has 1 amide bonds. The van der Waals surface area contributed by atoms with Crippen LogP contribution in [-0.2, 0) is 4.79 Å². The molecule has 0 saturated carbocycles. The summed E-state index contributed by atoms with van der Waals surface area (Å²) in [6, 6.07) is 10.1. The lowest BCUT2D eigenvalue weighted by Gasteiger charge is -2.10. The molecule has 0 aliphatic carbocycles. The van der Waals surface area contributed by atoms with E-state index in [0.29, 0.717) is 16.8 Å². The summed E-state index contributed by atoms with van der Waals surface area (Å²) in [5.41, 5.74) is 2.12. The summed E-state index contributed by atoms with van der Waals surface area (Å²) >= 11 is 0. The molecular formula is C17H17NO4. The Labute approximate surface area is 128 Å². The number of nitrogens with one attached hydrogen (secondary N) is 1. The van der Waals surface area contributed by atoms with Crippen LogP contribution in [0.15, 0.2) is 41.2 Å². The van der Waals surface area contributed by atoms with Gasteiger partial charge in [-0.25, -0.2) is 0 Å². The van der Waals surface area contributed by atoms with Crippen LogP contribution in [0.1, 0.15) is 12.5 Å². The van der Waals surface area contributed by atoms with Gasteiger partial charge in [0.05, 0.1) is 7.11 Å². The first-order chi connectivity index (χ1) is 10.4. The molecule has 0 radical (unpaired) electrons. The molecule has 0 aromatic heterocycles. The van der Waals surface area contributed by atoms with Gasteiger partial charge in [-0.15, -0.1) is 0 Å². The van der Waals surface area contributed by atoms with Crippen molar-refractivity contribution in [2.24, 2.45) is 0 Å². The van der Waals surface area contributed by atoms with E-state index in [1.54, 1.807) is 31.2 Å². The van der Waals surface area contributed by atoms with Crippen LogP contribution in [-0.4, -0.2) is 18.1 Å². The van der Waals surface area contributed by atoms with Crippen LogP contribution in [0, 0.1) is 6.92 Å². The van der Waals surface area contributed by atoms with Crippen LogP contribution in [0.4, 0.5) is 5.69 Å². The normalized spacial score (nSPS) is 10.1. The van der Waals surface area contributed by atoms with Crippen LogP contribution in [0.5, 0.6) is 11.5 Å². The van der Waals surface area contributed by atoms with Gasteiger partial charge < -0.3 is 15.2 Å². The van der Waals surface area contributed by atoms with Crippen LogP contribution < -0.4 is 15.5 Å². The van der Waals surface area contributed by atoms with E-state index in [-0.39, 0.29) is 11.7 Å². The molecule has 0 heterocycles. The topological polar surface area (TPSA) is 75.6 Å². The standard InChI is InChI=1S/C17H17NO4/c1-10-8-16(22-3)17(21)15(20)9-13(10)12-6-4-5-7-14(12)18-11(2)19/h4-9H,1-3H3,(H,18,19)(H,20,21). The number of rotatable bonds is 3. The highest BCUT2D eigenvalue weighted by molar-refractivity contribution is 5.94. The lowest BCUT2D eigenvalue weighted by atomic mass is 10.0. The van der Waals surface area contributed by atoms with E-state index in [9.17, 15) is 14.7 Å². The Morgan fingerprint density at radius 3 is 2.50 bits per heavy atom. The van der Waals surface area contributed by atoms with E-state index in [2.05, 4.69) is 5.32 Å². The molecule has 22 heavy (non-hydrogen) atoms. The second-order valence-corrected chi connectivity index (χ2v) is 4.89. The summed E-state index contributed by atoms with van der Waals surface area (Å²) in [5, 5.41) is 12.6. The fraction of sp³-hybridized carbons (Fsp3) is 0.176. The maximum Gasteiger partial charge on any atom is 0.224 e. The Morgan fingerprint density at radius 2 is 1.86 bits per heavy atom. The summed E-state index contributed by atoms with van der Waals surface area (Å²) in [6.45, 7) is 3.23. The Kier molecular flexibility index (Phi) is 4.46. The smallest absolute Gasteiger partial charge is 0.224 e. The number of aryl methyl sites for hydroxylation is 1. The number of ether oxygens (including phenoxy) is 1. The highest BCUT2D eigenvalue weighted by Gasteiger charge is 2.12. The number of amides is 1. The fourth-order valence-electron chi connectivity index (χ4n) is 2.24. The van der Waals surface area contributed by atoms with Crippen molar-refractivity contribution >= 4 is 11.6 Å². The third kappa shape index (κ3) is 3.09. The van der Waals surface area contributed by atoms with E-state index in [1.165, 1.54) is 20.1 Å². The Bertz CT molecular complexity index is 784. The molecule has 0 aliphatic heterocycles. The van der Waals surface area contributed by atoms with Gasteiger partial charge in [-0.1, -0.05) is 18.2 Å². The minimum absolute atomic E-state index is 0.116. The quantitative estimate of drug-likeness (QED) is 0.913. The number of hydrogen-bond acceptors (Lipinski definition) is 4. The third-order valence-corrected chi connectivity index (χ3v) is 3.26. The van der Waals surface area contributed by atoms with Gasteiger partial charge in [0.25, 0.3) is 0 Å². The number of carbonyl (C=O) groups is 1. The molecule has 0 fully saturated rings. The Morgan fingerprint density at radius 1 is 1.18 bits per heavy atom. The van der Waals surface area contributed by atoms with Crippen molar-refractivity contribution in [1.82, 2.24) is 0 Å². The maximum absolute atomic E-state index is 12.1. The minimum atomic E-state index is -0.544. The molecule has 5 nitrogen and oxygen atoms in total. The predicted octanol–water partition coefficient (Wildman–Crippen LogP) is 2.69. The number of para-hydroxylation sites is 1. The van der Waals surface area contributed by atoms with Gasteiger partial charge in [0.1, 0.15) is 0 Å². The molecule has 0 aliphatic rings. The fourth-order valence-corrected chi connectivity index (χ4v) is 2.24. The van der Waals surface area contributed by atoms with E-state index in [4.69, 9.17) is 4.74 Å². The number of hydrogen-bond donors (Lipinski definition) is 2. The van der Waals surface area contributed by atoms with Crippen LogP contribution >= 0.6 is 0 Å². The van der Waals surface area contributed by atoms with Crippen molar-refractivity contribution in [1.29, 1.82) is 0 Å². The summed E-state index contributed by atoms with van der Waals surface area (Å²) in [6.07, 6.45) is 0. The second kappa shape index (κ2) is 6.30. The SMILES string of the molecule is COc1cc(C)c(-c2ccccc2NC(C)=O)cc(=O)c1O. The van der Waals surface area contributed by atoms with Gasteiger partial charge in [-0.2, -0.15) is 0 Å². The molecule has 5 heteroatoms. The molecule has 0 unspecified atom stereocenters. The average molecular weight is 299 g/mol. The van der Waals surface area contributed by atoms with Gasteiger partial charge in [-0.05, 0) is 36.2 Å². The van der Waals surface area contributed by atoms with E-state index < -0.39 is 11.2 Å². The van der Waals surface area contributed by atoms with E-state index in [1.807, 2.05) is 6.07 Å². The van der Waals surface area contributed by atoms with E-state index in [0.717, 1.165) is 5.56 Å². The molecule has 2 N–H and O–H groups in total. The van der Waals surface area contributed by atoms with Crippen LogP contribution in [0.3, 0.4) is 0 Å². The summed E-state index contributed by atoms with van der Waals surface area (Å²) in [7, 11) is 1.39. The number of aromatic hydroxyl groups is 1. The van der Waals surface area contributed by atoms with Gasteiger partial charge in [0.2, 0.25) is 17.1 Å². The number of carbonyl (C=O) groups excluding carboxylic acids is 1. The van der Waals surface area contributed by atoms with Crippen molar-refractivity contribution in [3.05, 3.63) is 52.2 Å². The molecule has 0 spiro atoms. The summed E-state index contributed by atoms with van der Waals surface area (Å²) < 4.78 is 5.03. The largest absolute Gasteiger partial charge is 0.502 e. The Hall–Kier alpha value is -2.82. The van der Waals surface area contributed by atoms with Gasteiger partial charge in [-0.3, -0.25) is 9.59 Å². The van der Waals surface area contributed by atoms with Crippen molar-refractivity contribution in [2.45, 2.75) is 13.8 Å². The number of benzene rings is 1. The Balaban J connectivity index is 2.74. The zero-order valence-electron chi connectivity index (χ0n) is 12.6. The van der Waals surface area contributed by atoms with E-state index >= 15 is 0 Å². The second-order valence-electron chi connectivity index (χ2n) is 4.89. The summed E-state index contributed by atoms with van der Waals surface area (Å²) in [5.74, 6) is -0.521. The zero-order chi connectivity index (χ0) is 16.3. The number of methoxy groups -OCH3 is 1. The molecular weight excluding hydrogens is 282 g/mol. The first-order valence-corrected chi connectivity index (χ1v) is 6.73. The molecule has 2 rings (SSSR count). The highest BCUT2D eigenvalue weighted by Crippen LogP contribution is 2.32. The molecule has 0 saturated heterocycles. The van der Waals surface area contributed by atoms with Gasteiger partial charge in [0, 0.05) is 18.2 Å². The van der Waals surface area contributed by atoms with Gasteiger partial charge >= 0.3 is 0 Å². The van der Waals surface area contributed by atoms with Crippen molar-refractivity contribution in [2.75, 3.05) is 12.4 Å². The first-order valence-electron chi connectivity index (χ1n) is 6.73. The van der Waals surface area contributed by atoms with Crippen molar-refractivity contribution in [3.63, 3.8) is 0 Å². The lowest BCUT2D eigenvalue weighted by Crippen LogP contribution is -2.07. The van der Waals surface area contributed by atoms with Crippen LogP contribution in [0.2, 0.25) is 0 Å². The monoisotopic (exact) mass is 299 g/mol. The maximum atomic E-state index is 12.1. The third-order valence-electron chi connectivity index (χ3n) is 3.26. The average Bonchev–Trinajstić information content (AvgIpc) is 2.58. The van der Waals surface area contributed by atoms with Gasteiger partial charge in [0.15, 0.2) is 5.75 Å².